The van der Waals surface area contributed by atoms with E-state index in [4.69, 9.17) is 0 Å². The summed E-state index contributed by atoms with van der Waals surface area (Å²) in [7, 11) is 4.14. The maximum atomic E-state index is 4.39. The van der Waals surface area contributed by atoms with Crippen LogP contribution in [0.1, 0.15) is 12.6 Å². The van der Waals surface area contributed by atoms with Crippen LogP contribution in [0.15, 0.2) is 18.2 Å². The zero-order valence-electron chi connectivity index (χ0n) is 9.41. The molecule has 14 heavy (non-hydrogen) atoms. The molecule has 0 radical (unpaired) electrons. The van der Waals surface area contributed by atoms with E-state index >= 15 is 0 Å². The van der Waals surface area contributed by atoms with Crippen molar-refractivity contribution in [2.45, 2.75) is 19.9 Å². The van der Waals surface area contributed by atoms with Crippen LogP contribution >= 0.6 is 0 Å². The molecular weight excluding hydrogens is 174 g/mol. The van der Waals surface area contributed by atoms with Gasteiger partial charge in [-0.25, -0.2) is 4.98 Å². The van der Waals surface area contributed by atoms with E-state index in [-0.39, 0.29) is 0 Å². The van der Waals surface area contributed by atoms with Crippen LogP contribution in [-0.4, -0.2) is 36.6 Å². The van der Waals surface area contributed by atoms with Crippen LogP contribution in [0.4, 0.5) is 5.82 Å². The quantitative estimate of drug-likeness (QED) is 0.789. The molecule has 0 spiro atoms. The number of rotatable bonds is 4. The number of pyridine rings is 1. The van der Waals surface area contributed by atoms with E-state index in [0.717, 1.165) is 18.1 Å². The number of nitrogens with zero attached hydrogens (tertiary/aromatic N) is 2. The molecule has 3 heteroatoms. The van der Waals surface area contributed by atoms with E-state index in [9.17, 15) is 0 Å². The number of hydrogen-bond donors (Lipinski definition) is 1. The molecule has 1 N–H and O–H groups in total. The highest BCUT2D eigenvalue weighted by molar-refractivity contribution is 5.36. The molecule has 0 aliphatic carbocycles. The summed E-state index contributed by atoms with van der Waals surface area (Å²) < 4.78 is 0. The van der Waals surface area contributed by atoms with Gasteiger partial charge in [0.15, 0.2) is 0 Å². The second-order valence-corrected chi connectivity index (χ2v) is 3.97. The normalized spacial score (nSPS) is 12.9. The van der Waals surface area contributed by atoms with Crippen molar-refractivity contribution < 1.29 is 0 Å². The Morgan fingerprint density at radius 3 is 2.71 bits per heavy atom. The van der Waals surface area contributed by atoms with Gasteiger partial charge in [0.05, 0.1) is 0 Å². The standard InChI is InChI=1S/C11H19N3/c1-9-6-5-7-11(12-9)13-10(2)8-14(3)4/h5-7,10H,8H2,1-4H3,(H,12,13)/t10-/m0/s1. The number of nitrogens with one attached hydrogen (secondary N) is 1. The van der Waals surface area contributed by atoms with Gasteiger partial charge >= 0.3 is 0 Å². The Kier molecular flexibility index (Phi) is 3.89. The first-order valence-electron chi connectivity index (χ1n) is 4.93. The van der Waals surface area contributed by atoms with E-state index in [1.54, 1.807) is 0 Å². The molecule has 0 aliphatic heterocycles. The lowest BCUT2D eigenvalue weighted by molar-refractivity contribution is 0.392. The Morgan fingerprint density at radius 2 is 2.14 bits per heavy atom. The highest BCUT2D eigenvalue weighted by atomic mass is 15.1. The summed E-state index contributed by atoms with van der Waals surface area (Å²) in [5.41, 5.74) is 1.05. The number of anilines is 1. The Morgan fingerprint density at radius 1 is 1.43 bits per heavy atom. The van der Waals surface area contributed by atoms with Gasteiger partial charge in [-0.15, -0.1) is 0 Å². The van der Waals surface area contributed by atoms with Gasteiger partial charge in [0.2, 0.25) is 0 Å². The van der Waals surface area contributed by atoms with Gasteiger partial charge in [0.25, 0.3) is 0 Å². The van der Waals surface area contributed by atoms with Crippen molar-refractivity contribution in [1.82, 2.24) is 9.88 Å². The van der Waals surface area contributed by atoms with Crippen molar-refractivity contribution in [3.8, 4) is 0 Å². The lowest BCUT2D eigenvalue weighted by Gasteiger charge is -2.18. The van der Waals surface area contributed by atoms with E-state index in [1.807, 2.05) is 25.1 Å². The molecule has 0 bridgehead atoms. The summed E-state index contributed by atoms with van der Waals surface area (Å²) in [4.78, 5) is 6.55. The molecule has 0 fully saturated rings. The maximum Gasteiger partial charge on any atom is 0.126 e. The molecule has 1 rings (SSSR count). The zero-order chi connectivity index (χ0) is 10.6. The van der Waals surface area contributed by atoms with Gasteiger partial charge in [0.1, 0.15) is 5.82 Å². The molecule has 0 saturated heterocycles. The van der Waals surface area contributed by atoms with Gasteiger partial charge in [-0.3, -0.25) is 0 Å². The van der Waals surface area contributed by atoms with Crippen LogP contribution in [0.3, 0.4) is 0 Å². The van der Waals surface area contributed by atoms with Gasteiger partial charge in [-0.1, -0.05) is 6.07 Å². The van der Waals surface area contributed by atoms with Crippen LogP contribution in [0.2, 0.25) is 0 Å². The Labute approximate surface area is 86.2 Å². The zero-order valence-corrected chi connectivity index (χ0v) is 9.41. The summed E-state index contributed by atoms with van der Waals surface area (Å²) in [6.45, 7) is 5.17. The van der Waals surface area contributed by atoms with Gasteiger partial charge in [0, 0.05) is 18.3 Å². The monoisotopic (exact) mass is 193 g/mol. The summed E-state index contributed by atoms with van der Waals surface area (Å²) in [6, 6.07) is 6.44. The third-order valence-electron chi connectivity index (χ3n) is 1.92. The highest BCUT2D eigenvalue weighted by Gasteiger charge is 2.03. The molecule has 78 valence electrons. The first-order chi connectivity index (χ1) is 6.58. The van der Waals surface area contributed by atoms with E-state index in [1.165, 1.54) is 0 Å². The Hall–Kier alpha value is -1.09. The van der Waals surface area contributed by atoms with Crippen molar-refractivity contribution >= 4 is 5.82 Å². The molecular formula is C11H19N3. The van der Waals surface area contributed by atoms with Crippen molar-refractivity contribution in [3.63, 3.8) is 0 Å². The largest absolute Gasteiger partial charge is 0.366 e. The molecule has 1 heterocycles. The van der Waals surface area contributed by atoms with Crippen LogP contribution in [0.25, 0.3) is 0 Å². The number of aryl methyl sites for hydroxylation is 1. The lowest BCUT2D eigenvalue weighted by Crippen LogP contribution is -2.29. The fourth-order valence-electron chi connectivity index (χ4n) is 1.47. The maximum absolute atomic E-state index is 4.39. The first kappa shape index (κ1) is 11.0. The molecule has 0 amide bonds. The Balaban J connectivity index is 2.51. The van der Waals surface area contributed by atoms with Crippen molar-refractivity contribution in [2.75, 3.05) is 26.0 Å². The average Bonchev–Trinajstić information content (AvgIpc) is 2.01. The van der Waals surface area contributed by atoms with Crippen LogP contribution in [0.5, 0.6) is 0 Å². The fourth-order valence-corrected chi connectivity index (χ4v) is 1.47. The van der Waals surface area contributed by atoms with Gasteiger partial charge < -0.3 is 10.2 Å². The predicted octanol–water partition coefficient (Wildman–Crippen LogP) is 1.75. The predicted molar refractivity (Wildman–Crippen MR) is 60.6 cm³/mol. The van der Waals surface area contributed by atoms with Crippen LogP contribution in [0, 0.1) is 6.92 Å². The summed E-state index contributed by atoms with van der Waals surface area (Å²) >= 11 is 0. The lowest BCUT2D eigenvalue weighted by atomic mass is 10.3. The minimum absolute atomic E-state index is 0.416. The molecule has 1 aromatic heterocycles. The van der Waals surface area contributed by atoms with Crippen molar-refractivity contribution in [1.29, 1.82) is 0 Å². The average molecular weight is 193 g/mol. The SMILES string of the molecule is Cc1cccc(N[C@@H](C)CN(C)C)n1. The van der Waals surface area contributed by atoms with Crippen LogP contribution in [-0.2, 0) is 0 Å². The van der Waals surface area contributed by atoms with Crippen molar-refractivity contribution in [3.05, 3.63) is 23.9 Å². The van der Waals surface area contributed by atoms with Crippen LogP contribution < -0.4 is 5.32 Å². The van der Waals surface area contributed by atoms with E-state index in [0.29, 0.717) is 6.04 Å². The third-order valence-corrected chi connectivity index (χ3v) is 1.92. The minimum atomic E-state index is 0.416. The number of aromatic nitrogens is 1. The second kappa shape index (κ2) is 4.96. The van der Waals surface area contributed by atoms with Gasteiger partial charge in [-0.2, -0.15) is 0 Å². The topological polar surface area (TPSA) is 28.2 Å². The number of likely N-dealkylation sites (N-methyl/N-ethyl adjacent to an activating group) is 1. The molecule has 1 aromatic rings. The summed E-state index contributed by atoms with van der Waals surface area (Å²) in [5, 5.41) is 3.36. The molecule has 0 unspecified atom stereocenters. The minimum Gasteiger partial charge on any atom is -0.366 e. The van der Waals surface area contributed by atoms with E-state index < -0.39 is 0 Å². The first-order valence-corrected chi connectivity index (χ1v) is 4.93. The summed E-state index contributed by atoms with van der Waals surface area (Å²) in [6.07, 6.45) is 0. The van der Waals surface area contributed by atoms with Gasteiger partial charge in [-0.05, 0) is 40.1 Å². The van der Waals surface area contributed by atoms with E-state index in [2.05, 4.69) is 36.2 Å². The third kappa shape index (κ3) is 3.75. The summed E-state index contributed by atoms with van der Waals surface area (Å²) in [5.74, 6) is 0.958. The van der Waals surface area contributed by atoms with Crippen molar-refractivity contribution in [2.24, 2.45) is 0 Å². The highest BCUT2D eigenvalue weighted by Crippen LogP contribution is 2.05. The number of hydrogen-bond acceptors (Lipinski definition) is 3. The molecule has 0 aromatic carbocycles. The smallest absolute Gasteiger partial charge is 0.126 e. The fraction of sp³-hybridized carbons (Fsp3) is 0.545. The Bertz CT molecular complexity index is 284. The second-order valence-electron chi connectivity index (χ2n) is 3.97. The molecule has 1 atom stereocenters. The molecule has 0 aliphatic rings. The molecule has 0 saturated carbocycles. The molecule has 3 nitrogen and oxygen atoms in total.